The van der Waals surface area contributed by atoms with E-state index in [1.807, 2.05) is 0 Å². The van der Waals surface area contributed by atoms with Gasteiger partial charge < -0.3 is 10.5 Å². The molecule has 0 aromatic heterocycles. The van der Waals surface area contributed by atoms with Crippen molar-refractivity contribution in [1.29, 1.82) is 0 Å². The fourth-order valence-electron chi connectivity index (χ4n) is 2.89. The monoisotopic (exact) mass is 231 g/mol. The predicted molar refractivity (Wildman–Crippen MR) is 69.4 cm³/mol. The lowest BCUT2D eigenvalue weighted by Gasteiger charge is -2.28. The van der Waals surface area contributed by atoms with Crippen LogP contribution in [0.2, 0.25) is 0 Å². The number of hydrogen-bond acceptors (Lipinski definition) is 2. The minimum Gasteiger partial charge on any atom is -0.490 e. The van der Waals surface area contributed by atoms with E-state index in [0.29, 0.717) is 12.0 Å². The highest BCUT2D eigenvalue weighted by Crippen LogP contribution is 2.34. The summed E-state index contributed by atoms with van der Waals surface area (Å²) in [7, 11) is 0. The van der Waals surface area contributed by atoms with Crippen LogP contribution in [0.5, 0.6) is 5.75 Å². The highest BCUT2D eigenvalue weighted by atomic mass is 16.5. The van der Waals surface area contributed by atoms with Crippen LogP contribution < -0.4 is 10.5 Å². The third kappa shape index (κ3) is 2.19. The molecule has 2 heteroatoms. The van der Waals surface area contributed by atoms with Crippen LogP contribution in [0.4, 0.5) is 0 Å². The van der Waals surface area contributed by atoms with Crippen molar-refractivity contribution in [2.24, 2.45) is 5.73 Å². The van der Waals surface area contributed by atoms with Crippen LogP contribution in [-0.2, 0) is 6.42 Å². The van der Waals surface area contributed by atoms with Crippen LogP contribution in [0.25, 0.3) is 0 Å². The van der Waals surface area contributed by atoms with Gasteiger partial charge >= 0.3 is 0 Å². The lowest BCUT2D eigenvalue weighted by molar-refractivity contribution is 0.120. The molecule has 0 amide bonds. The van der Waals surface area contributed by atoms with Gasteiger partial charge in [-0.25, -0.2) is 0 Å². The summed E-state index contributed by atoms with van der Waals surface area (Å²) in [6.07, 6.45) is 7.94. The Kier molecular flexibility index (Phi) is 3.06. The molecule has 0 radical (unpaired) electrons. The van der Waals surface area contributed by atoms with Gasteiger partial charge in [-0.1, -0.05) is 6.07 Å². The normalized spacial score (nSPS) is 23.9. The van der Waals surface area contributed by atoms with E-state index in [-0.39, 0.29) is 0 Å². The van der Waals surface area contributed by atoms with Gasteiger partial charge in [-0.3, -0.25) is 0 Å². The maximum Gasteiger partial charge on any atom is 0.120 e. The number of aryl methyl sites for hydroxylation is 1. The van der Waals surface area contributed by atoms with Gasteiger partial charge in [0, 0.05) is 0 Å². The highest BCUT2D eigenvalue weighted by molar-refractivity contribution is 5.39. The van der Waals surface area contributed by atoms with E-state index in [4.69, 9.17) is 10.5 Å². The molecule has 1 aromatic carbocycles. The molecule has 1 fully saturated rings. The molecule has 2 nitrogen and oxygen atoms in total. The van der Waals surface area contributed by atoms with Gasteiger partial charge in [-0.15, -0.1) is 0 Å². The second kappa shape index (κ2) is 4.69. The zero-order chi connectivity index (χ0) is 11.7. The first-order valence-corrected chi connectivity index (χ1v) is 6.86. The molecule has 0 aliphatic heterocycles. The predicted octanol–water partition coefficient (Wildman–Crippen LogP) is 3.00. The van der Waals surface area contributed by atoms with Crippen LogP contribution in [0, 0.1) is 0 Å². The Bertz CT molecular complexity index is 398. The van der Waals surface area contributed by atoms with Crippen LogP contribution in [0.15, 0.2) is 18.2 Å². The summed E-state index contributed by atoms with van der Waals surface area (Å²) < 4.78 is 5.95. The summed E-state index contributed by atoms with van der Waals surface area (Å²) >= 11 is 0. The quantitative estimate of drug-likeness (QED) is 0.868. The first-order chi connectivity index (χ1) is 8.36. The second-order valence-electron chi connectivity index (χ2n) is 5.36. The van der Waals surface area contributed by atoms with Crippen molar-refractivity contribution < 1.29 is 4.74 Å². The van der Waals surface area contributed by atoms with E-state index >= 15 is 0 Å². The topological polar surface area (TPSA) is 35.2 Å². The molecular weight excluding hydrogens is 210 g/mol. The molecule has 0 bridgehead atoms. The summed E-state index contributed by atoms with van der Waals surface area (Å²) in [6.45, 7) is 0.774. The Labute approximate surface area is 103 Å². The minimum atomic E-state index is 0.474. The van der Waals surface area contributed by atoms with E-state index < -0.39 is 0 Å². The van der Waals surface area contributed by atoms with Crippen molar-refractivity contribution in [3.05, 3.63) is 29.3 Å². The third-order valence-electron chi connectivity index (χ3n) is 4.19. The second-order valence-corrected chi connectivity index (χ2v) is 5.36. The fourth-order valence-corrected chi connectivity index (χ4v) is 2.89. The van der Waals surface area contributed by atoms with Crippen molar-refractivity contribution in [3.8, 4) is 5.75 Å². The van der Waals surface area contributed by atoms with E-state index in [0.717, 1.165) is 12.3 Å². The Hall–Kier alpha value is -1.02. The SMILES string of the molecule is NCC1CCCc2cc(OC3CCC3)ccc21. The minimum absolute atomic E-state index is 0.474. The highest BCUT2D eigenvalue weighted by Gasteiger charge is 2.22. The van der Waals surface area contributed by atoms with E-state index in [9.17, 15) is 0 Å². The molecule has 0 heterocycles. The average Bonchev–Trinajstić information content (AvgIpc) is 2.32. The number of ether oxygens (including phenoxy) is 1. The third-order valence-corrected chi connectivity index (χ3v) is 4.19. The Morgan fingerprint density at radius 2 is 2.06 bits per heavy atom. The number of rotatable bonds is 3. The Balaban J connectivity index is 1.79. The van der Waals surface area contributed by atoms with Gasteiger partial charge in [0.1, 0.15) is 5.75 Å². The van der Waals surface area contributed by atoms with Gasteiger partial charge in [-0.05, 0) is 74.2 Å². The Morgan fingerprint density at radius 1 is 1.18 bits per heavy atom. The summed E-state index contributed by atoms with van der Waals surface area (Å²) in [4.78, 5) is 0. The number of fused-ring (bicyclic) bond motifs is 1. The molecule has 2 N–H and O–H groups in total. The number of hydrogen-bond donors (Lipinski definition) is 1. The van der Waals surface area contributed by atoms with Crippen LogP contribution >= 0.6 is 0 Å². The van der Waals surface area contributed by atoms with Crippen LogP contribution in [0.1, 0.15) is 49.1 Å². The summed E-state index contributed by atoms with van der Waals surface area (Å²) in [5.41, 5.74) is 8.76. The zero-order valence-corrected chi connectivity index (χ0v) is 10.3. The van der Waals surface area contributed by atoms with Crippen molar-refractivity contribution in [3.63, 3.8) is 0 Å². The molecule has 1 atom stereocenters. The van der Waals surface area contributed by atoms with E-state index in [2.05, 4.69) is 18.2 Å². The van der Waals surface area contributed by atoms with Crippen molar-refractivity contribution in [2.45, 2.75) is 50.5 Å². The van der Waals surface area contributed by atoms with Gasteiger partial charge in [0.15, 0.2) is 0 Å². The lowest BCUT2D eigenvalue weighted by Crippen LogP contribution is -2.25. The molecule has 2 aliphatic rings. The molecule has 2 aliphatic carbocycles. The van der Waals surface area contributed by atoms with E-state index in [1.165, 1.54) is 49.7 Å². The van der Waals surface area contributed by atoms with Crippen molar-refractivity contribution in [1.82, 2.24) is 0 Å². The average molecular weight is 231 g/mol. The molecule has 0 spiro atoms. The zero-order valence-electron chi connectivity index (χ0n) is 10.3. The molecular formula is C15H21NO. The molecule has 17 heavy (non-hydrogen) atoms. The molecule has 0 saturated heterocycles. The maximum absolute atomic E-state index is 5.95. The number of nitrogens with two attached hydrogens (primary N) is 1. The summed E-state index contributed by atoms with van der Waals surface area (Å²) in [5.74, 6) is 1.63. The Morgan fingerprint density at radius 3 is 2.76 bits per heavy atom. The van der Waals surface area contributed by atoms with Gasteiger partial charge in [0.2, 0.25) is 0 Å². The van der Waals surface area contributed by atoms with Gasteiger partial charge in [0.05, 0.1) is 6.10 Å². The van der Waals surface area contributed by atoms with Crippen LogP contribution in [0.3, 0.4) is 0 Å². The molecule has 92 valence electrons. The first kappa shape index (κ1) is 11.1. The molecule has 1 saturated carbocycles. The largest absolute Gasteiger partial charge is 0.490 e. The fraction of sp³-hybridized carbons (Fsp3) is 0.600. The smallest absolute Gasteiger partial charge is 0.120 e. The van der Waals surface area contributed by atoms with Crippen LogP contribution in [-0.4, -0.2) is 12.6 Å². The molecule has 1 aromatic rings. The van der Waals surface area contributed by atoms with Gasteiger partial charge in [-0.2, -0.15) is 0 Å². The number of benzene rings is 1. The first-order valence-electron chi connectivity index (χ1n) is 6.86. The maximum atomic E-state index is 5.95. The molecule has 3 rings (SSSR count). The van der Waals surface area contributed by atoms with Crippen molar-refractivity contribution >= 4 is 0 Å². The summed E-state index contributed by atoms with van der Waals surface area (Å²) in [6, 6.07) is 6.61. The van der Waals surface area contributed by atoms with Gasteiger partial charge in [0.25, 0.3) is 0 Å². The lowest BCUT2D eigenvalue weighted by atomic mass is 9.83. The standard InChI is InChI=1S/C15H21NO/c16-10-12-4-1-3-11-9-14(7-8-15(11)12)17-13-5-2-6-13/h7-9,12-13H,1-6,10,16H2. The van der Waals surface area contributed by atoms with Crippen molar-refractivity contribution in [2.75, 3.05) is 6.54 Å². The van der Waals surface area contributed by atoms with E-state index in [1.54, 1.807) is 0 Å². The molecule has 1 unspecified atom stereocenters. The summed E-state index contributed by atoms with van der Waals surface area (Å²) in [5, 5.41) is 0.